The molecule has 0 heterocycles. The van der Waals surface area contributed by atoms with E-state index >= 15 is 0 Å². The first kappa shape index (κ1) is 18.2. The van der Waals surface area contributed by atoms with Crippen LogP contribution in [-0.4, -0.2) is 15.6 Å². The SMILES string of the molecule is CC(C)(C)NC(=S)Nc1ccc(Sc2ccc([N+](=O)[O-])cc2)cc1. The molecule has 0 fully saturated rings. The van der Waals surface area contributed by atoms with Crippen LogP contribution >= 0.6 is 24.0 Å². The fourth-order valence-electron chi connectivity index (χ4n) is 1.88. The quantitative estimate of drug-likeness (QED) is 0.462. The summed E-state index contributed by atoms with van der Waals surface area (Å²) in [6.07, 6.45) is 0. The van der Waals surface area contributed by atoms with Gasteiger partial charge in [0.15, 0.2) is 5.11 Å². The number of hydrogen-bond acceptors (Lipinski definition) is 4. The monoisotopic (exact) mass is 361 g/mol. The van der Waals surface area contributed by atoms with Gasteiger partial charge in [0.25, 0.3) is 5.69 Å². The molecule has 7 heteroatoms. The zero-order valence-electron chi connectivity index (χ0n) is 13.7. The van der Waals surface area contributed by atoms with Crippen LogP contribution in [0.3, 0.4) is 0 Å². The zero-order chi connectivity index (χ0) is 17.7. The summed E-state index contributed by atoms with van der Waals surface area (Å²) in [7, 11) is 0. The van der Waals surface area contributed by atoms with Crippen LogP contribution in [0.5, 0.6) is 0 Å². The van der Waals surface area contributed by atoms with Crippen molar-refractivity contribution in [1.29, 1.82) is 0 Å². The van der Waals surface area contributed by atoms with E-state index in [1.54, 1.807) is 23.9 Å². The largest absolute Gasteiger partial charge is 0.358 e. The Morgan fingerprint density at radius 2 is 1.54 bits per heavy atom. The fourth-order valence-corrected chi connectivity index (χ4v) is 3.12. The molecule has 0 aromatic heterocycles. The van der Waals surface area contributed by atoms with E-state index in [0.29, 0.717) is 5.11 Å². The van der Waals surface area contributed by atoms with Gasteiger partial charge in [-0.1, -0.05) is 11.8 Å². The Labute approximate surface area is 151 Å². The minimum absolute atomic E-state index is 0.0875. The smallest absolute Gasteiger partial charge is 0.269 e. The lowest BCUT2D eigenvalue weighted by Crippen LogP contribution is -2.42. The Morgan fingerprint density at radius 3 is 2.00 bits per heavy atom. The maximum atomic E-state index is 10.7. The zero-order valence-corrected chi connectivity index (χ0v) is 15.3. The number of nitrogens with zero attached hydrogens (tertiary/aromatic N) is 1. The standard InChI is InChI=1S/C17H19N3O2S2/c1-17(2,3)19-16(23)18-12-4-8-14(9-5-12)24-15-10-6-13(7-11-15)20(21)22/h4-11H,1-3H3,(H2,18,19,23). The first-order chi connectivity index (χ1) is 11.2. The summed E-state index contributed by atoms with van der Waals surface area (Å²) in [6.45, 7) is 6.14. The molecule has 0 unspecified atom stereocenters. The molecular formula is C17H19N3O2S2. The van der Waals surface area contributed by atoms with Crippen molar-refractivity contribution in [2.75, 3.05) is 5.32 Å². The summed E-state index contributed by atoms with van der Waals surface area (Å²) >= 11 is 6.82. The molecule has 2 aromatic rings. The molecule has 0 atom stereocenters. The number of nitrogens with one attached hydrogen (secondary N) is 2. The molecule has 2 rings (SSSR count). The van der Waals surface area contributed by atoms with Crippen molar-refractivity contribution in [2.45, 2.75) is 36.1 Å². The van der Waals surface area contributed by atoms with Crippen molar-refractivity contribution in [2.24, 2.45) is 0 Å². The highest BCUT2D eigenvalue weighted by Crippen LogP contribution is 2.29. The number of benzene rings is 2. The van der Waals surface area contributed by atoms with E-state index in [1.165, 1.54) is 12.1 Å². The Bertz CT molecular complexity index is 723. The van der Waals surface area contributed by atoms with Crippen LogP contribution in [0.2, 0.25) is 0 Å². The van der Waals surface area contributed by atoms with Gasteiger partial charge in [-0.05, 0) is 69.4 Å². The summed E-state index contributed by atoms with van der Waals surface area (Å²) in [5, 5.41) is 17.6. The maximum absolute atomic E-state index is 10.7. The third-order valence-electron chi connectivity index (χ3n) is 2.88. The highest BCUT2D eigenvalue weighted by molar-refractivity contribution is 7.99. The summed E-state index contributed by atoms with van der Waals surface area (Å²) in [5.41, 5.74) is 0.916. The lowest BCUT2D eigenvalue weighted by molar-refractivity contribution is -0.384. The molecule has 0 radical (unpaired) electrons. The van der Waals surface area contributed by atoms with Crippen molar-refractivity contribution >= 4 is 40.5 Å². The molecule has 0 amide bonds. The van der Waals surface area contributed by atoms with Crippen molar-refractivity contribution in [3.8, 4) is 0 Å². The predicted molar refractivity (Wildman–Crippen MR) is 103 cm³/mol. The Kier molecular flexibility index (Phi) is 5.80. The van der Waals surface area contributed by atoms with Gasteiger partial charge in [-0.3, -0.25) is 10.1 Å². The van der Waals surface area contributed by atoms with E-state index in [4.69, 9.17) is 12.2 Å². The second-order valence-corrected chi connectivity index (χ2v) is 7.76. The number of nitro benzene ring substituents is 1. The molecule has 24 heavy (non-hydrogen) atoms. The summed E-state index contributed by atoms with van der Waals surface area (Å²) in [5.74, 6) is 0. The van der Waals surface area contributed by atoms with Crippen molar-refractivity contribution in [3.63, 3.8) is 0 Å². The summed E-state index contributed by atoms with van der Waals surface area (Å²) in [6, 6.07) is 14.4. The third-order valence-corrected chi connectivity index (χ3v) is 4.10. The lowest BCUT2D eigenvalue weighted by atomic mass is 10.1. The fraction of sp³-hybridized carbons (Fsp3) is 0.235. The van der Waals surface area contributed by atoms with Gasteiger partial charge in [0.2, 0.25) is 0 Å². The van der Waals surface area contributed by atoms with Crippen LogP contribution in [0.4, 0.5) is 11.4 Å². The van der Waals surface area contributed by atoms with Crippen LogP contribution in [-0.2, 0) is 0 Å². The van der Waals surface area contributed by atoms with Crippen LogP contribution in [0.15, 0.2) is 58.3 Å². The average molecular weight is 361 g/mol. The van der Waals surface area contributed by atoms with E-state index in [1.807, 2.05) is 45.0 Å². The number of thiocarbonyl (C=S) groups is 1. The Balaban J connectivity index is 1.96. The van der Waals surface area contributed by atoms with Gasteiger partial charge in [0, 0.05) is 33.2 Å². The van der Waals surface area contributed by atoms with E-state index < -0.39 is 4.92 Å². The molecule has 0 spiro atoms. The first-order valence-corrected chi connectivity index (χ1v) is 8.57. The van der Waals surface area contributed by atoms with Gasteiger partial charge in [-0.2, -0.15) is 0 Å². The van der Waals surface area contributed by atoms with Gasteiger partial charge in [0.1, 0.15) is 0 Å². The van der Waals surface area contributed by atoms with E-state index in [-0.39, 0.29) is 11.2 Å². The number of nitro groups is 1. The molecule has 0 aliphatic carbocycles. The van der Waals surface area contributed by atoms with E-state index in [2.05, 4.69) is 10.6 Å². The minimum atomic E-state index is -0.399. The normalized spacial score (nSPS) is 11.0. The van der Waals surface area contributed by atoms with Crippen LogP contribution in [0.25, 0.3) is 0 Å². The number of hydrogen-bond donors (Lipinski definition) is 2. The Hall–Kier alpha value is -2.12. The van der Waals surface area contributed by atoms with Crippen molar-refractivity contribution in [3.05, 3.63) is 58.6 Å². The maximum Gasteiger partial charge on any atom is 0.269 e. The van der Waals surface area contributed by atoms with Crippen LogP contribution in [0, 0.1) is 10.1 Å². The van der Waals surface area contributed by atoms with Gasteiger partial charge < -0.3 is 10.6 Å². The molecule has 126 valence electrons. The average Bonchev–Trinajstić information content (AvgIpc) is 2.48. The van der Waals surface area contributed by atoms with Crippen molar-refractivity contribution < 1.29 is 4.92 Å². The van der Waals surface area contributed by atoms with Gasteiger partial charge in [-0.25, -0.2) is 0 Å². The van der Waals surface area contributed by atoms with Crippen LogP contribution < -0.4 is 10.6 Å². The number of anilines is 1. The van der Waals surface area contributed by atoms with Gasteiger partial charge in [-0.15, -0.1) is 0 Å². The molecule has 0 saturated carbocycles. The van der Waals surface area contributed by atoms with E-state index in [0.717, 1.165) is 15.5 Å². The molecule has 0 aliphatic heterocycles. The molecule has 0 bridgehead atoms. The number of rotatable bonds is 4. The molecule has 2 N–H and O–H groups in total. The number of non-ortho nitro benzene ring substituents is 1. The first-order valence-electron chi connectivity index (χ1n) is 7.34. The molecular weight excluding hydrogens is 342 g/mol. The van der Waals surface area contributed by atoms with Crippen LogP contribution in [0.1, 0.15) is 20.8 Å². The third kappa shape index (κ3) is 5.82. The second-order valence-electron chi connectivity index (χ2n) is 6.21. The van der Waals surface area contributed by atoms with E-state index in [9.17, 15) is 10.1 Å². The highest BCUT2D eigenvalue weighted by atomic mass is 32.2. The topological polar surface area (TPSA) is 67.2 Å². The minimum Gasteiger partial charge on any atom is -0.358 e. The predicted octanol–water partition coefficient (Wildman–Crippen LogP) is 4.83. The molecule has 5 nitrogen and oxygen atoms in total. The second kappa shape index (κ2) is 7.63. The summed E-state index contributed by atoms with van der Waals surface area (Å²) in [4.78, 5) is 12.3. The molecule has 0 saturated heterocycles. The van der Waals surface area contributed by atoms with Gasteiger partial charge in [0.05, 0.1) is 4.92 Å². The lowest BCUT2D eigenvalue weighted by Gasteiger charge is -2.23. The van der Waals surface area contributed by atoms with Crippen molar-refractivity contribution in [1.82, 2.24) is 5.32 Å². The molecule has 0 aliphatic rings. The Morgan fingerprint density at radius 1 is 1.04 bits per heavy atom. The molecule has 2 aromatic carbocycles. The summed E-state index contributed by atoms with van der Waals surface area (Å²) < 4.78 is 0. The van der Waals surface area contributed by atoms with Gasteiger partial charge >= 0.3 is 0 Å². The highest BCUT2D eigenvalue weighted by Gasteiger charge is 2.11.